The van der Waals surface area contributed by atoms with E-state index in [-0.39, 0.29) is 35.9 Å². The molecule has 0 aromatic heterocycles. The Morgan fingerprint density at radius 2 is 2.11 bits per heavy atom. The molecule has 0 spiro atoms. The van der Waals surface area contributed by atoms with Crippen LogP contribution in [-0.4, -0.2) is 17.1 Å². The molecule has 4 N–H and O–H groups in total. The third kappa shape index (κ3) is 5.66. The van der Waals surface area contributed by atoms with E-state index >= 15 is 4.39 Å². The smallest absolute Gasteiger partial charge is 0.218 e. The summed E-state index contributed by atoms with van der Waals surface area (Å²) in [6, 6.07) is 9.37. The van der Waals surface area contributed by atoms with Gasteiger partial charge in [-0.05, 0) is 37.1 Å². The van der Waals surface area contributed by atoms with Gasteiger partial charge in [0, 0.05) is 24.1 Å². The third-order valence-electron chi connectivity index (χ3n) is 4.16. The minimum atomic E-state index is -0.567. The van der Waals surface area contributed by atoms with Gasteiger partial charge in [-0.15, -0.1) is 0 Å². The highest BCUT2D eigenvalue weighted by Crippen LogP contribution is 2.36. The molecule has 2 aromatic carbocycles. The highest BCUT2D eigenvalue weighted by atomic mass is 35.5. The van der Waals surface area contributed by atoms with E-state index < -0.39 is 11.7 Å². The fourth-order valence-corrected chi connectivity index (χ4v) is 3.05. The molecule has 0 fully saturated rings. The van der Waals surface area contributed by atoms with Crippen molar-refractivity contribution in [1.29, 1.82) is 0 Å². The lowest BCUT2D eigenvalue weighted by molar-refractivity contribution is -0.118. The number of primary amides is 1. The topological polar surface area (TPSA) is 84.6 Å². The highest BCUT2D eigenvalue weighted by Gasteiger charge is 2.22. The molecule has 0 heterocycles. The van der Waals surface area contributed by atoms with Gasteiger partial charge in [0.25, 0.3) is 0 Å². The van der Waals surface area contributed by atoms with E-state index in [2.05, 4.69) is 5.32 Å². The SMILES string of the molecule is CC[C@@H](N[C@H](C)CC(N)=O)c1ccc(Cl)c(Oc2cccc(CO)c2)c1F. The van der Waals surface area contributed by atoms with Gasteiger partial charge in [0.1, 0.15) is 5.75 Å². The molecule has 0 aliphatic carbocycles. The summed E-state index contributed by atoms with van der Waals surface area (Å²) in [5, 5.41) is 12.6. The minimum absolute atomic E-state index is 0.0768. The summed E-state index contributed by atoms with van der Waals surface area (Å²) in [7, 11) is 0. The first-order valence-corrected chi connectivity index (χ1v) is 9.13. The molecule has 0 aliphatic rings. The molecule has 0 saturated carbocycles. The van der Waals surface area contributed by atoms with E-state index in [0.29, 0.717) is 23.3 Å². The van der Waals surface area contributed by atoms with Crippen LogP contribution >= 0.6 is 11.6 Å². The number of aliphatic hydroxyl groups is 1. The zero-order valence-electron chi connectivity index (χ0n) is 15.3. The molecular weight excluding hydrogens is 371 g/mol. The highest BCUT2D eigenvalue weighted by molar-refractivity contribution is 6.32. The second kappa shape index (κ2) is 9.69. The molecule has 2 rings (SSSR count). The van der Waals surface area contributed by atoms with Crippen molar-refractivity contribution in [2.45, 2.75) is 45.4 Å². The molecule has 146 valence electrons. The Morgan fingerprint density at radius 1 is 1.37 bits per heavy atom. The number of aliphatic hydroxyl groups excluding tert-OH is 1. The van der Waals surface area contributed by atoms with Crippen molar-refractivity contribution in [2.24, 2.45) is 5.73 Å². The van der Waals surface area contributed by atoms with Crippen LogP contribution in [0.2, 0.25) is 5.02 Å². The number of amides is 1. The van der Waals surface area contributed by atoms with Crippen LogP contribution in [0.15, 0.2) is 36.4 Å². The Labute approximate surface area is 163 Å². The van der Waals surface area contributed by atoms with E-state index in [9.17, 15) is 9.90 Å². The fourth-order valence-electron chi connectivity index (χ4n) is 2.87. The summed E-state index contributed by atoms with van der Waals surface area (Å²) in [6.07, 6.45) is 0.754. The number of benzene rings is 2. The molecular formula is C20H24ClFN2O3. The maximum absolute atomic E-state index is 15.2. The summed E-state index contributed by atoms with van der Waals surface area (Å²) in [6.45, 7) is 3.58. The average molecular weight is 395 g/mol. The van der Waals surface area contributed by atoms with Crippen LogP contribution < -0.4 is 15.8 Å². The number of carbonyl (C=O) groups is 1. The zero-order chi connectivity index (χ0) is 20.0. The molecule has 7 heteroatoms. The largest absolute Gasteiger partial charge is 0.453 e. The van der Waals surface area contributed by atoms with Gasteiger partial charge >= 0.3 is 0 Å². The molecule has 27 heavy (non-hydrogen) atoms. The van der Waals surface area contributed by atoms with Crippen LogP contribution in [-0.2, 0) is 11.4 Å². The number of ether oxygens (including phenoxy) is 1. The van der Waals surface area contributed by atoms with Gasteiger partial charge in [-0.3, -0.25) is 4.79 Å². The molecule has 2 aromatic rings. The zero-order valence-corrected chi connectivity index (χ0v) is 16.1. The molecule has 0 bridgehead atoms. The summed E-state index contributed by atoms with van der Waals surface area (Å²) in [5.74, 6) is -0.689. The first-order valence-electron chi connectivity index (χ1n) is 8.75. The number of nitrogens with two attached hydrogens (primary N) is 1. The molecule has 2 atom stereocenters. The molecule has 1 amide bonds. The van der Waals surface area contributed by atoms with Crippen LogP contribution in [0.5, 0.6) is 11.5 Å². The summed E-state index contributed by atoms with van der Waals surface area (Å²) < 4.78 is 20.8. The van der Waals surface area contributed by atoms with E-state index in [1.165, 1.54) is 0 Å². The first-order chi connectivity index (χ1) is 12.8. The number of carbonyl (C=O) groups excluding carboxylic acids is 1. The standard InChI is InChI=1S/C20H24ClFN2O3/c1-3-17(24-12(2)9-18(23)26)15-7-8-16(21)20(19(15)22)27-14-6-4-5-13(10-14)11-25/h4-8,10,12,17,24-25H,3,9,11H2,1-2H3,(H2,23,26)/t12-,17-/m1/s1. The Bertz CT molecular complexity index is 801. The maximum Gasteiger partial charge on any atom is 0.218 e. The molecule has 0 saturated heterocycles. The minimum Gasteiger partial charge on any atom is -0.453 e. The first kappa shape index (κ1) is 21.2. The van der Waals surface area contributed by atoms with E-state index in [4.69, 9.17) is 22.1 Å². The maximum atomic E-state index is 15.2. The van der Waals surface area contributed by atoms with Crippen molar-refractivity contribution in [2.75, 3.05) is 0 Å². The van der Waals surface area contributed by atoms with E-state index in [1.54, 1.807) is 36.4 Å². The Balaban J connectivity index is 2.30. The Kier molecular flexibility index (Phi) is 7.59. The number of halogens is 2. The van der Waals surface area contributed by atoms with E-state index in [1.807, 2.05) is 13.8 Å². The van der Waals surface area contributed by atoms with Gasteiger partial charge in [0.2, 0.25) is 5.91 Å². The van der Waals surface area contributed by atoms with E-state index in [0.717, 1.165) is 0 Å². The van der Waals surface area contributed by atoms with Crippen molar-refractivity contribution in [3.63, 3.8) is 0 Å². The van der Waals surface area contributed by atoms with Crippen molar-refractivity contribution >= 4 is 17.5 Å². The number of hydrogen-bond donors (Lipinski definition) is 3. The van der Waals surface area contributed by atoms with Crippen molar-refractivity contribution in [3.8, 4) is 11.5 Å². The van der Waals surface area contributed by atoms with Gasteiger partial charge in [-0.25, -0.2) is 4.39 Å². The van der Waals surface area contributed by atoms with Crippen LogP contribution in [0.3, 0.4) is 0 Å². The van der Waals surface area contributed by atoms with Gasteiger partial charge in [-0.2, -0.15) is 0 Å². The fraction of sp³-hybridized carbons (Fsp3) is 0.350. The van der Waals surface area contributed by atoms with Crippen molar-refractivity contribution in [1.82, 2.24) is 5.32 Å². The third-order valence-corrected chi connectivity index (χ3v) is 4.45. The summed E-state index contributed by atoms with van der Waals surface area (Å²) >= 11 is 6.15. The number of nitrogens with one attached hydrogen (secondary N) is 1. The Morgan fingerprint density at radius 3 is 2.74 bits per heavy atom. The van der Waals surface area contributed by atoms with Gasteiger partial charge < -0.3 is 20.9 Å². The number of hydrogen-bond acceptors (Lipinski definition) is 4. The summed E-state index contributed by atoms with van der Waals surface area (Å²) in [4.78, 5) is 11.1. The van der Waals surface area contributed by atoms with Crippen molar-refractivity contribution in [3.05, 3.63) is 58.4 Å². The average Bonchev–Trinajstić information content (AvgIpc) is 2.63. The van der Waals surface area contributed by atoms with Gasteiger partial charge in [0.05, 0.1) is 11.6 Å². The predicted octanol–water partition coefficient (Wildman–Crippen LogP) is 4.07. The lowest BCUT2D eigenvalue weighted by atomic mass is 10.0. The van der Waals surface area contributed by atoms with Crippen LogP contribution in [0, 0.1) is 5.82 Å². The van der Waals surface area contributed by atoms with Crippen LogP contribution in [0.25, 0.3) is 0 Å². The molecule has 0 radical (unpaired) electrons. The normalized spacial score (nSPS) is 13.2. The second-order valence-electron chi connectivity index (χ2n) is 6.39. The van der Waals surface area contributed by atoms with Gasteiger partial charge in [0.15, 0.2) is 11.6 Å². The molecule has 0 aliphatic heterocycles. The molecule has 0 unspecified atom stereocenters. The van der Waals surface area contributed by atoms with Crippen LogP contribution in [0.1, 0.15) is 43.9 Å². The lowest BCUT2D eigenvalue weighted by Crippen LogP contribution is -2.34. The lowest BCUT2D eigenvalue weighted by Gasteiger charge is -2.23. The Hall–Kier alpha value is -2.15. The predicted molar refractivity (Wildman–Crippen MR) is 103 cm³/mol. The van der Waals surface area contributed by atoms with Gasteiger partial charge in [-0.1, -0.05) is 36.7 Å². The van der Waals surface area contributed by atoms with Crippen LogP contribution in [0.4, 0.5) is 4.39 Å². The second-order valence-corrected chi connectivity index (χ2v) is 6.79. The molecule has 5 nitrogen and oxygen atoms in total. The number of rotatable bonds is 9. The quantitative estimate of drug-likeness (QED) is 0.598. The summed E-state index contributed by atoms with van der Waals surface area (Å²) in [5.41, 5.74) is 6.27. The monoisotopic (exact) mass is 394 g/mol. The van der Waals surface area contributed by atoms with Crippen molar-refractivity contribution < 1.29 is 19.0 Å².